The van der Waals surface area contributed by atoms with E-state index in [-0.39, 0.29) is 53.1 Å². The number of ether oxygens (including phenoxy) is 3. The summed E-state index contributed by atoms with van der Waals surface area (Å²) in [7, 11) is 1.62. The van der Waals surface area contributed by atoms with Gasteiger partial charge in [0.25, 0.3) is 6.01 Å². The summed E-state index contributed by atoms with van der Waals surface area (Å²) in [5.41, 5.74) is 0.00300. The number of amides is 1. The van der Waals surface area contributed by atoms with Gasteiger partial charge in [0.05, 0.1) is 18.8 Å². The number of hydrogen-bond donors (Lipinski definition) is 1. The van der Waals surface area contributed by atoms with Gasteiger partial charge in [-0.05, 0) is 51.9 Å². The smallest absolute Gasteiger partial charge is 0.297 e. The summed E-state index contributed by atoms with van der Waals surface area (Å²) in [4.78, 5) is 15.3. The molecule has 2 fully saturated rings. The van der Waals surface area contributed by atoms with E-state index in [1.165, 1.54) is 11.5 Å². The van der Waals surface area contributed by atoms with Crippen LogP contribution >= 0.6 is 0 Å². The van der Waals surface area contributed by atoms with Crippen LogP contribution in [0.5, 0.6) is 11.8 Å². The van der Waals surface area contributed by atoms with Crippen LogP contribution in [0, 0.1) is 11.6 Å². The third kappa shape index (κ3) is 4.98. The van der Waals surface area contributed by atoms with Crippen LogP contribution in [0.25, 0.3) is 11.0 Å². The average molecular weight is 452 g/mol. The largest absolute Gasteiger partial charge is 0.487 e. The molecule has 1 aromatic heterocycles. The van der Waals surface area contributed by atoms with Crippen molar-refractivity contribution in [1.82, 2.24) is 14.9 Å². The number of aromatic nitrogens is 2. The van der Waals surface area contributed by atoms with Crippen molar-refractivity contribution in [3.8, 4) is 11.8 Å². The molecule has 0 saturated heterocycles. The minimum atomic E-state index is -0.619. The number of nitrogens with zero attached hydrogens (tertiary/aromatic N) is 2. The van der Waals surface area contributed by atoms with Crippen LogP contribution in [-0.2, 0) is 16.6 Å². The molecule has 1 N–H and O–H groups in total. The Balaban J connectivity index is 1.37. The van der Waals surface area contributed by atoms with Crippen LogP contribution in [0.3, 0.4) is 0 Å². The van der Waals surface area contributed by atoms with Crippen molar-refractivity contribution >= 4 is 16.9 Å². The Kier molecular flexibility index (Phi) is 6.83. The molecule has 1 amide bonds. The first-order valence-corrected chi connectivity index (χ1v) is 11.4. The topological polar surface area (TPSA) is 74.6 Å². The third-order valence-electron chi connectivity index (χ3n) is 6.23. The minimum Gasteiger partial charge on any atom is -0.487 e. The van der Waals surface area contributed by atoms with Gasteiger partial charge in [0.1, 0.15) is 17.1 Å². The maximum absolute atomic E-state index is 15.1. The molecule has 2 aliphatic carbocycles. The van der Waals surface area contributed by atoms with Gasteiger partial charge in [-0.15, -0.1) is 0 Å². The van der Waals surface area contributed by atoms with E-state index in [0.29, 0.717) is 6.61 Å². The number of halogens is 2. The standard InChI is InChI=1S/C23H31F2N3O4/c1-13(26-14(2)29)12-30-15-7-9-17(10-8-15)32-23-27-21-18(24)11-19(31-16-5-4-6-16)20(25)22(21)28(23)3/h11,13,15-17H,4-10,12H2,1-3H3,(H,26,29)/t13-,15?,17?/m0/s1. The zero-order valence-electron chi connectivity index (χ0n) is 18.8. The Morgan fingerprint density at radius 1 is 1.16 bits per heavy atom. The molecule has 176 valence electrons. The molecule has 1 heterocycles. The molecular formula is C23H31F2N3O4. The van der Waals surface area contributed by atoms with E-state index in [9.17, 15) is 9.18 Å². The molecule has 7 nitrogen and oxygen atoms in total. The molecule has 0 unspecified atom stereocenters. The fraction of sp³-hybridized carbons (Fsp3) is 0.652. The Morgan fingerprint density at radius 3 is 2.44 bits per heavy atom. The predicted molar refractivity (Wildman–Crippen MR) is 115 cm³/mol. The quantitative estimate of drug-likeness (QED) is 0.656. The molecular weight excluding hydrogens is 420 g/mol. The van der Waals surface area contributed by atoms with E-state index in [1.807, 2.05) is 6.92 Å². The lowest BCUT2D eigenvalue weighted by molar-refractivity contribution is -0.120. The first-order valence-electron chi connectivity index (χ1n) is 11.4. The Bertz CT molecular complexity index is 968. The van der Waals surface area contributed by atoms with E-state index in [0.717, 1.165) is 51.0 Å². The van der Waals surface area contributed by atoms with Crippen molar-refractivity contribution < 1.29 is 27.8 Å². The van der Waals surface area contributed by atoms with Gasteiger partial charge in [-0.1, -0.05) is 0 Å². The van der Waals surface area contributed by atoms with Gasteiger partial charge in [-0.2, -0.15) is 4.98 Å². The van der Waals surface area contributed by atoms with Crippen molar-refractivity contribution in [2.75, 3.05) is 6.61 Å². The SMILES string of the molecule is CC(=O)N[C@@H](C)COC1CCC(Oc2nc3c(F)cc(OC4CCC4)c(F)c3n2C)CC1. The van der Waals surface area contributed by atoms with Gasteiger partial charge in [0.15, 0.2) is 17.4 Å². The predicted octanol–water partition coefficient (Wildman–Crippen LogP) is 4.01. The minimum absolute atomic E-state index is 0.0376. The second-order valence-corrected chi connectivity index (χ2v) is 8.94. The summed E-state index contributed by atoms with van der Waals surface area (Å²) in [6.45, 7) is 3.85. The highest BCUT2D eigenvalue weighted by Crippen LogP contribution is 2.35. The van der Waals surface area contributed by atoms with E-state index >= 15 is 4.39 Å². The van der Waals surface area contributed by atoms with Crippen molar-refractivity contribution in [2.45, 2.75) is 83.1 Å². The van der Waals surface area contributed by atoms with Crippen molar-refractivity contribution in [3.63, 3.8) is 0 Å². The van der Waals surface area contributed by atoms with Crippen LogP contribution in [0.1, 0.15) is 58.8 Å². The van der Waals surface area contributed by atoms with Crippen LogP contribution in [-0.4, -0.2) is 46.4 Å². The molecule has 2 saturated carbocycles. The molecule has 0 spiro atoms. The monoisotopic (exact) mass is 451 g/mol. The number of aryl methyl sites for hydroxylation is 1. The van der Waals surface area contributed by atoms with E-state index in [1.54, 1.807) is 7.05 Å². The van der Waals surface area contributed by atoms with Gasteiger partial charge in [-0.25, -0.2) is 8.78 Å². The zero-order chi connectivity index (χ0) is 22.8. The Labute approximate surface area is 186 Å². The Hall–Kier alpha value is -2.42. The van der Waals surface area contributed by atoms with E-state index < -0.39 is 11.6 Å². The second kappa shape index (κ2) is 9.60. The van der Waals surface area contributed by atoms with Crippen LogP contribution in [0.4, 0.5) is 8.78 Å². The second-order valence-electron chi connectivity index (χ2n) is 8.94. The molecule has 2 aliphatic rings. The fourth-order valence-corrected chi connectivity index (χ4v) is 4.25. The maximum atomic E-state index is 15.1. The summed E-state index contributed by atoms with van der Waals surface area (Å²) in [5.74, 6) is -1.37. The van der Waals surface area contributed by atoms with Crippen molar-refractivity contribution in [2.24, 2.45) is 7.05 Å². The fourth-order valence-electron chi connectivity index (χ4n) is 4.25. The molecule has 32 heavy (non-hydrogen) atoms. The number of nitrogens with one attached hydrogen (secondary N) is 1. The molecule has 2 aromatic rings. The molecule has 0 bridgehead atoms. The number of imidazole rings is 1. The van der Waals surface area contributed by atoms with E-state index in [4.69, 9.17) is 14.2 Å². The van der Waals surface area contributed by atoms with E-state index in [2.05, 4.69) is 10.3 Å². The highest BCUT2D eigenvalue weighted by molar-refractivity contribution is 5.80. The van der Waals surface area contributed by atoms with Gasteiger partial charge >= 0.3 is 0 Å². The third-order valence-corrected chi connectivity index (χ3v) is 6.23. The highest BCUT2D eigenvalue weighted by atomic mass is 19.1. The van der Waals surface area contributed by atoms with Crippen molar-refractivity contribution in [3.05, 3.63) is 17.7 Å². The lowest BCUT2D eigenvalue weighted by Crippen LogP contribution is -2.37. The summed E-state index contributed by atoms with van der Waals surface area (Å²) < 4.78 is 48.7. The average Bonchev–Trinajstić information content (AvgIpc) is 3.04. The molecule has 1 aromatic carbocycles. The molecule has 0 aliphatic heterocycles. The number of hydrogen-bond acceptors (Lipinski definition) is 5. The summed E-state index contributed by atoms with van der Waals surface area (Å²) in [6, 6.07) is 1.24. The number of rotatable bonds is 8. The maximum Gasteiger partial charge on any atom is 0.297 e. The first-order chi connectivity index (χ1) is 15.3. The van der Waals surface area contributed by atoms with Crippen molar-refractivity contribution in [1.29, 1.82) is 0 Å². The van der Waals surface area contributed by atoms with Crippen LogP contribution < -0.4 is 14.8 Å². The Morgan fingerprint density at radius 2 is 1.81 bits per heavy atom. The first kappa shape index (κ1) is 22.8. The zero-order valence-corrected chi connectivity index (χ0v) is 18.8. The lowest BCUT2D eigenvalue weighted by Gasteiger charge is -2.29. The summed E-state index contributed by atoms with van der Waals surface area (Å²) in [6.07, 6.45) is 5.84. The van der Waals surface area contributed by atoms with Gasteiger partial charge < -0.3 is 19.5 Å². The highest BCUT2D eigenvalue weighted by Gasteiger charge is 2.28. The van der Waals surface area contributed by atoms with Crippen LogP contribution in [0.2, 0.25) is 0 Å². The number of fused-ring (bicyclic) bond motifs is 1. The van der Waals surface area contributed by atoms with Gasteiger partial charge in [0, 0.05) is 26.1 Å². The normalized spacial score (nSPS) is 22.4. The molecule has 4 rings (SSSR count). The summed E-state index contributed by atoms with van der Waals surface area (Å²) in [5, 5.41) is 2.80. The number of carbonyl (C=O) groups is 1. The van der Waals surface area contributed by atoms with Gasteiger partial charge in [0.2, 0.25) is 5.91 Å². The number of benzene rings is 1. The number of carbonyl (C=O) groups excluding carboxylic acids is 1. The molecule has 1 atom stereocenters. The molecule has 9 heteroatoms. The summed E-state index contributed by atoms with van der Waals surface area (Å²) >= 11 is 0. The van der Waals surface area contributed by atoms with Crippen LogP contribution in [0.15, 0.2) is 6.07 Å². The van der Waals surface area contributed by atoms with Gasteiger partial charge in [-0.3, -0.25) is 9.36 Å². The lowest BCUT2D eigenvalue weighted by atomic mass is 9.95. The molecule has 0 radical (unpaired) electrons.